The van der Waals surface area contributed by atoms with Crippen LogP contribution in [-0.4, -0.2) is 9.97 Å². The van der Waals surface area contributed by atoms with Crippen LogP contribution >= 0.6 is 11.6 Å². The summed E-state index contributed by atoms with van der Waals surface area (Å²) in [6, 6.07) is 5.54. The van der Waals surface area contributed by atoms with Crippen molar-refractivity contribution in [2.45, 2.75) is 25.6 Å². The van der Waals surface area contributed by atoms with Gasteiger partial charge in [-0.05, 0) is 35.4 Å². The van der Waals surface area contributed by atoms with Gasteiger partial charge >= 0.3 is 11.1 Å². The highest BCUT2D eigenvalue weighted by molar-refractivity contribution is 6.21. The molecule has 1 heterocycles. The Morgan fingerprint density at radius 2 is 1.79 bits per heavy atom. The Hall–Kier alpha value is -1.55. The molecule has 0 aliphatic heterocycles. The minimum atomic E-state index is -0.637. The van der Waals surface area contributed by atoms with E-state index in [4.69, 9.17) is 11.6 Å². The van der Waals surface area contributed by atoms with E-state index in [0.29, 0.717) is 22.4 Å². The van der Waals surface area contributed by atoms with Crippen LogP contribution in [0.15, 0.2) is 27.8 Å². The van der Waals surface area contributed by atoms with E-state index in [1.165, 1.54) is 0 Å². The maximum atomic E-state index is 11.3. The SMILES string of the molecule is CC1(C)CC1C(Cl)c1ccc2[nH]c(=O)c(=O)[nH]c2c1. The highest BCUT2D eigenvalue weighted by Gasteiger charge is 2.49. The molecule has 2 unspecified atom stereocenters. The molecule has 19 heavy (non-hydrogen) atoms. The molecule has 2 atom stereocenters. The van der Waals surface area contributed by atoms with Gasteiger partial charge in [-0.15, -0.1) is 11.6 Å². The van der Waals surface area contributed by atoms with E-state index < -0.39 is 11.1 Å². The molecule has 100 valence electrons. The lowest BCUT2D eigenvalue weighted by Crippen LogP contribution is -2.28. The Morgan fingerprint density at radius 1 is 1.21 bits per heavy atom. The van der Waals surface area contributed by atoms with E-state index in [0.717, 1.165) is 12.0 Å². The van der Waals surface area contributed by atoms with E-state index in [9.17, 15) is 9.59 Å². The normalized spacial score (nSPS) is 22.4. The lowest BCUT2D eigenvalue weighted by Gasteiger charge is -2.12. The van der Waals surface area contributed by atoms with Gasteiger partial charge in [-0.2, -0.15) is 0 Å². The number of hydrogen-bond donors (Lipinski definition) is 2. The predicted octanol–water partition coefficient (Wildman–Crippen LogP) is 2.54. The van der Waals surface area contributed by atoms with Crippen molar-refractivity contribution in [1.29, 1.82) is 0 Å². The summed E-state index contributed by atoms with van der Waals surface area (Å²) >= 11 is 6.50. The molecule has 3 rings (SSSR count). The van der Waals surface area contributed by atoms with Gasteiger partial charge in [0.2, 0.25) is 0 Å². The molecule has 2 N–H and O–H groups in total. The maximum Gasteiger partial charge on any atom is 0.314 e. The minimum Gasteiger partial charge on any atom is -0.316 e. The van der Waals surface area contributed by atoms with Gasteiger partial charge in [0.15, 0.2) is 0 Å². The van der Waals surface area contributed by atoms with Crippen LogP contribution in [0, 0.1) is 11.3 Å². The van der Waals surface area contributed by atoms with Crippen LogP contribution in [0.1, 0.15) is 31.2 Å². The number of rotatable bonds is 2. The van der Waals surface area contributed by atoms with Crippen LogP contribution < -0.4 is 11.1 Å². The highest BCUT2D eigenvalue weighted by atomic mass is 35.5. The number of H-pyrrole nitrogens is 2. The predicted molar refractivity (Wildman–Crippen MR) is 75.7 cm³/mol. The van der Waals surface area contributed by atoms with Crippen LogP contribution in [0.4, 0.5) is 0 Å². The fourth-order valence-electron chi connectivity index (χ4n) is 2.54. The lowest BCUT2D eigenvalue weighted by atomic mass is 10.0. The molecule has 1 aliphatic carbocycles. The van der Waals surface area contributed by atoms with Crippen molar-refractivity contribution in [3.05, 3.63) is 44.5 Å². The number of alkyl halides is 1. The standard InChI is InChI=1S/C14H15ClN2O2/c1-14(2)6-8(14)11(15)7-3-4-9-10(5-7)17-13(19)12(18)16-9/h3-5,8,11H,6H2,1-2H3,(H,16,18)(H,17,19). The van der Waals surface area contributed by atoms with E-state index in [2.05, 4.69) is 23.8 Å². The average molecular weight is 279 g/mol. The van der Waals surface area contributed by atoms with E-state index in [-0.39, 0.29) is 5.38 Å². The molecule has 0 saturated heterocycles. The topological polar surface area (TPSA) is 65.7 Å². The number of benzene rings is 1. The number of fused-ring (bicyclic) bond motifs is 1. The molecule has 0 amide bonds. The van der Waals surface area contributed by atoms with E-state index in [1.807, 2.05) is 12.1 Å². The van der Waals surface area contributed by atoms with Crippen molar-refractivity contribution in [3.63, 3.8) is 0 Å². The zero-order chi connectivity index (χ0) is 13.8. The molecule has 5 heteroatoms. The van der Waals surface area contributed by atoms with Gasteiger partial charge in [0, 0.05) is 0 Å². The van der Waals surface area contributed by atoms with Gasteiger partial charge in [0.05, 0.1) is 16.4 Å². The first-order chi connectivity index (χ1) is 8.88. The maximum absolute atomic E-state index is 11.3. The minimum absolute atomic E-state index is 0.0603. The summed E-state index contributed by atoms with van der Waals surface area (Å²) in [5.41, 5.74) is 1.24. The lowest BCUT2D eigenvalue weighted by molar-refractivity contribution is 0.548. The van der Waals surface area contributed by atoms with Gasteiger partial charge < -0.3 is 9.97 Å². The van der Waals surface area contributed by atoms with Crippen molar-refractivity contribution >= 4 is 22.6 Å². The van der Waals surface area contributed by atoms with E-state index >= 15 is 0 Å². The molecular weight excluding hydrogens is 264 g/mol. The first-order valence-electron chi connectivity index (χ1n) is 6.29. The van der Waals surface area contributed by atoms with Crippen LogP contribution in [0.25, 0.3) is 11.0 Å². The average Bonchev–Trinajstić information content (AvgIpc) is 2.98. The third-order valence-electron chi connectivity index (χ3n) is 4.01. The fraction of sp³-hybridized carbons (Fsp3) is 0.429. The van der Waals surface area contributed by atoms with Gasteiger partial charge in [0.1, 0.15) is 0 Å². The smallest absolute Gasteiger partial charge is 0.314 e. The summed E-state index contributed by atoms with van der Waals surface area (Å²) in [4.78, 5) is 27.7. The summed E-state index contributed by atoms with van der Waals surface area (Å²) in [5.74, 6) is 0.459. The monoisotopic (exact) mass is 278 g/mol. The van der Waals surface area contributed by atoms with Gasteiger partial charge in [-0.1, -0.05) is 19.9 Å². The van der Waals surface area contributed by atoms with Crippen molar-refractivity contribution in [2.24, 2.45) is 11.3 Å². The molecule has 0 radical (unpaired) electrons. The summed E-state index contributed by atoms with van der Waals surface area (Å²) in [5, 5.41) is -0.0603. The number of aromatic amines is 2. The molecule has 1 aromatic heterocycles. The zero-order valence-electron chi connectivity index (χ0n) is 10.8. The zero-order valence-corrected chi connectivity index (χ0v) is 11.5. The molecule has 1 saturated carbocycles. The van der Waals surface area contributed by atoms with Crippen molar-refractivity contribution < 1.29 is 0 Å². The third-order valence-corrected chi connectivity index (χ3v) is 4.56. The Morgan fingerprint density at radius 3 is 2.37 bits per heavy atom. The number of hydrogen-bond acceptors (Lipinski definition) is 2. The fourth-order valence-corrected chi connectivity index (χ4v) is 3.11. The molecule has 0 bridgehead atoms. The Bertz CT molecular complexity index is 760. The van der Waals surface area contributed by atoms with Crippen LogP contribution in [0.5, 0.6) is 0 Å². The van der Waals surface area contributed by atoms with Crippen LogP contribution in [-0.2, 0) is 0 Å². The molecule has 0 spiro atoms. The highest BCUT2D eigenvalue weighted by Crippen LogP contribution is 2.59. The quantitative estimate of drug-likeness (QED) is 0.655. The van der Waals surface area contributed by atoms with Gasteiger partial charge in [-0.3, -0.25) is 9.59 Å². The summed E-state index contributed by atoms with van der Waals surface area (Å²) in [6.45, 7) is 4.40. The molecule has 1 aromatic carbocycles. The first-order valence-corrected chi connectivity index (χ1v) is 6.72. The Labute approximate surface area is 114 Å². The van der Waals surface area contributed by atoms with Crippen LogP contribution in [0.2, 0.25) is 0 Å². The number of aromatic nitrogens is 2. The second kappa shape index (κ2) is 3.97. The summed E-state index contributed by atoms with van der Waals surface area (Å²) < 4.78 is 0. The molecule has 1 fully saturated rings. The third kappa shape index (κ3) is 2.10. The Kier molecular flexibility index (Phi) is 2.61. The largest absolute Gasteiger partial charge is 0.316 e. The second-order valence-electron chi connectivity index (χ2n) is 5.91. The molecule has 4 nitrogen and oxygen atoms in total. The van der Waals surface area contributed by atoms with Crippen LogP contribution in [0.3, 0.4) is 0 Å². The van der Waals surface area contributed by atoms with Crippen molar-refractivity contribution in [3.8, 4) is 0 Å². The summed E-state index contributed by atoms with van der Waals surface area (Å²) in [6.07, 6.45) is 1.11. The number of halogens is 1. The molecule has 2 aromatic rings. The van der Waals surface area contributed by atoms with Gasteiger partial charge in [-0.25, -0.2) is 0 Å². The van der Waals surface area contributed by atoms with Crippen molar-refractivity contribution in [2.75, 3.05) is 0 Å². The van der Waals surface area contributed by atoms with Gasteiger partial charge in [0.25, 0.3) is 0 Å². The van der Waals surface area contributed by atoms with Crippen molar-refractivity contribution in [1.82, 2.24) is 9.97 Å². The first kappa shape index (κ1) is 12.5. The molecular formula is C14H15ClN2O2. The second-order valence-corrected chi connectivity index (χ2v) is 6.38. The molecule has 1 aliphatic rings. The number of nitrogens with one attached hydrogen (secondary N) is 2. The summed E-state index contributed by atoms with van der Waals surface area (Å²) in [7, 11) is 0. The van der Waals surface area contributed by atoms with E-state index in [1.54, 1.807) is 6.07 Å². The Balaban J connectivity index is 2.05.